The lowest BCUT2D eigenvalue weighted by molar-refractivity contribution is 0.242. The molecule has 3 heteroatoms. The lowest BCUT2D eigenvalue weighted by atomic mass is 10.1. The van der Waals surface area contributed by atoms with Gasteiger partial charge in [-0.25, -0.2) is 0 Å². The van der Waals surface area contributed by atoms with Gasteiger partial charge in [-0.2, -0.15) is 0 Å². The van der Waals surface area contributed by atoms with E-state index in [2.05, 4.69) is 31.8 Å². The third kappa shape index (κ3) is 4.95. The topological polar surface area (TPSA) is 30.5 Å². The van der Waals surface area contributed by atoms with Crippen molar-refractivity contribution < 1.29 is 9.47 Å². The molecule has 1 aromatic carbocycles. The van der Waals surface area contributed by atoms with Crippen LogP contribution < -0.4 is 14.8 Å². The van der Waals surface area contributed by atoms with Crippen molar-refractivity contribution in [3.63, 3.8) is 0 Å². The molecule has 0 spiro atoms. The van der Waals surface area contributed by atoms with Crippen LogP contribution in [0.4, 0.5) is 0 Å². The molecule has 19 heavy (non-hydrogen) atoms. The molecule has 0 saturated carbocycles. The smallest absolute Gasteiger partial charge is 0.166 e. The summed E-state index contributed by atoms with van der Waals surface area (Å²) in [5.74, 6) is 1.60. The van der Waals surface area contributed by atoms with E-state index in [9.17, 15) is 0 Å². The first-order chi connectivity index (χ1) is 9.08. The van der Waals surface area contributed by atoms with Gasteiger partial charge in [-0.05, 0) is 19.9 Å². The zero-order valence-electron chi connectivity index (χ0n) is 12.4. The van der Waals surface area contributed by atoms with E-state index in [1.807, 2.05) is 26.0 Å². The largest absolute Gasteiger partial charge is 0.490 e. The summed E-state index contributed by atoms with van der Waals surface area (Å²) in [4.78, 5) is 0. The van der Waals surface area contributed by atoms with Gasteiger partial charge in [0.2, 0.25) is 0 Å². The van der Waals surface area contributed by atoms with E-state index in [0.29, 0.717) is 12.6 Å². The van der Waals surface area contributed by atoms with E-state index in [0.717, 1.165) is 23.6 Å². The summed E-state index contributed by atoms with van der Waals surface area (Å²) in [6.45, 7) is 13.3. The van der Waals surface area contributed by atoms with Gasteiger partial charge >= 0.3 is 0 Å². The van der Waals surface area contributed by atoms with E-state index < -0.39 is 0 Å². The molecule has 1 rings (SSSR count). The van der Waals surface area contributed by atoms with Crippen molar-refractivity contribution >= 4 is 0 Å². The number of hydrogen-bond donors (Lipinski definition) is 1. The Bertz CT molecular complexity index is 402. The van der Waals surface area contributed by atoms with E-state index in [1.54, 1.807) is 6.08 Å². The van der Waals surface area contributed by atoms with Crippen LogP contribution in [-0.4, -0.2) is 18.8 Å². The average Bonchev–Trinajstić information content (AvgIpc) is 2.39. The molecular weight excluding hydrogens is 238 g/mol. The fraction of sp³-hybridized carbons (Fsp3) is 0.500. The molecule has 106 valence electrons. The van der Waals surface area contributed by atoms with Crippen molar-refractivity contribution in [3.8, 4) is 11.5 Å². The second-order valence-corrected chi connectivity index (χ2v) is 4.77. The standard InChI is InChI=1S/C16H25NO2/c1-6-13(5)19-16-14(11-17-12(3)4)9-8-10-15(16)18-7-2/h6,8-10,12-13,17H,1,7,11H2,2-5H3. The Kier molecular flexibility index (Phi) is 6.43. The van der Waals surface area contributed by atoms with Crippen molar-refractivity contribution in [3.05, 3.63) is 36.4 Å². The highest BCUT2D eigenvalue weighted by atomic mass is 16.5. The third-order valence-corrected chi connectivity index (χ3v) is 2.70. The predicted molar refractivity (Wildman–Crippen MR) is 79.9 cm³/mol. The second-order valence-electron chi connectivity index (χ2n) is 4.77. The Hall–Kier alpha value is -1.48. The number of para-hydroxylation sites is 1. The van der Waals surface area contributed by atoms with Crippen LogP contribution in [0.2, 0.25) is 0 Å². The van der Waals surface area contributed by atoms with Crippen molar-refractivity contribution in [2.45, 2.75) is 46.4 Å². The Morgan fingerprint density at radius 2 is 2.05 bits per heavy atom. The third-order valence-electron chi connectivity index (χ3n) is 2.70. The van der Waals surface area contributed by atoms with E-state index in [1.165, 1.54) is 0 Å². The number of hydrogen-bond acceptors (Lipinski definition) is 3. The first kappa shape index (κ1) is 15.6. The fourth-order valence-corrected chi connectivity index (χ4v) is 1.65. The minimum absolute atomic E-state index is 0.0422. The van der Waals surface area contributed by atoms with Gasteiger partial charge in [-0.1, -0.05) is 38.6 Å². The summed E-state index contributed by atoms with van der Waals surface area (Å²) in [5.41, 5.74) is 1.10. The first-order valence-corrected chi connectivity index (χ1v) is 6.85. The molecule has 0 fully saturated rings. The van der Waals surface area contributed by atoms with Crippen LogP contribution in [0.5, 0.6) is 11.5 Å². The molecule has 0 bridgehead atoms. The summed E-state index contributed by atoms with van der Waals surface area (Å²) in [5, 5.41) is 3.40. The van der Waals surface area contributed by atoms with Crippen LogP contribution in [0.25, 0.3) is 0 Å². The molecule has 1 N–H and O–H groups in total. The van der Waals surface area contributed by atoms with Gasteiger partial charge in [-0.15, -0.1) is 0 Å². The quantitative estimate of drug-likeness (QED) is 0.728. The zero-order valence-corrected chi connectivity index (χ0v) is 12.4. The lowest BCUT2D eigenvalue weighted by Crippen LogP contribution is -2.22. The van der Waals surface area contributed by atoms with Gasteiger partial charge in [-0.3, -0.25) is 0 Å². The van der Waals surface area contributed by atoms with Gasteiger partial charge in [0, 0.05) is 18.2 Å². The molecule has 0 saturated heterocycles. The van der Waals surface area contributed by atoms with E-state index in [-0.39, 0.29) is 6.10 Å². The summed E-state index contributed by atoms with van der Waals surface area (Å²) >= 11 is 0. The molecule has 0 amide bonds. The summed E-state index contributed by atoms with van der Waals surface area (Å²) in [6, 6.07) is 6.42. The predicted octanol–water partition coefficient (Wildman–Crippen LogP) is 3.54. The Morgan fingerprint density at radius 3 is 2.63 bits per heavy atom. The van der Waals surface area contributed by atoms with Crippen molar-refractivity contribution in [1.29, 1.82) is 0 Å². The normalized spacial score (nSPS) is 12.3. The Labute approximate surface area is 116 Å². The highest BCUT2D eigenvalue weighted by Crippen LogP contribution is 2.32. The molecule has 0 aliphatic carbocycles. The van der Waals surface area contributed by atoms with Gasteiger partial charge in [0.1, 0.15) is 6.10 Å². The summed E-state index contributed by atoms with van der Waals surface area (Å²) in [7, 11) is 0. The number of nitrogens with one attached hydrogen (secondary N) is 1. The first-order valence-electron chi connectivity index (χ1n) is 6.85. The van der Waals surface area contributed by atoms with E-state index >= 15 is 0 Å². The maximum atomic E-state index is 5.93. The van der Waals surface area contributed by atoms with Crippen LogP contribution in [0.1, 0.15) is 33.3 Å². The molecule has 0 aromatic heterocycles. The molecule has 0 heterocycles. The molecule has 0 aliphatic heterocycles. The van der Waals surface area contributed by atoms with Gasteiger partial charge in [0.05, 0.1) is 6.61 Å². The van der Waals surface area contributed by atoms with Gasteiger partial charge in [0.25, 0.3) is 0 Å². The molecule has 3 nitrogen and oxygen atoms in total. The second kappa shape index (κ2) is 7.85. The maximum Gasteiger partial charge on any atom is 0.166 e. The van der Waals surface area contributed by atoms with Crippen molar-refractivity contribution in [2.24, 2.45) is 0 Å². The van der Waals surface area contributed by atoms with E-state index in [4.69, 9.17) is 9.47 Å². The average molecular weight is 263 g/mol. The maximum absolute atomic E-state index is 5.93. The fourth-order valence-electron chi connectivity index (χ4n) is 1.65. The van der Waals surface area contributed by atoms with Crippen LogP contribution in [0, 0.1) is 0 Å². The van der Waals surface area contributed by atoms with Crippen LogP contribution in [0.3, 0.4) is 0 Å². The summed E-state index contributed by atoms with van der Waals surface area (Å²) in [6.07, 6.45) is 1.74. The Morgan fingerprint density at radius 1 is 1.32 bits per heavy atom. The number of benzene rings is 1. The molecular formula is C16H25NO2. The number of rotatable bonds is 8. The monoisotopic (exact) mass is 263 g/mol. The molecule has 0 aliphatic rings. The minimum Gasteiger partial charge on any atom is -0.490 e. The Balaban J connectivity index is 2.98. The SMILES string of the molecule is C=CC(C)Oc1c(CNC(C)C)cccc1OCC. The minimum atomic E-state index is -0.0422. The van der Waals surface area contributed by atoms with Crippen LogP contribution in [-0.2, 0) is 6.54 Å². The molecule has 1 unspecified atom stereocenters. The highest BCUT2D eigenvalue weighted by molar-refractivity contribution is 5.47. The summed E-state index contributed by atoms with van der Waals surface area (Å²) < 4.78 is 11.6. The van der Waals surface area contributed by atoms with Crippen molar-refractivity contribution in [2.75, 3.05) is 6.61 Å². The van der Waals surface area contributed by atoms with Gasteiger partial charge < -0.3 is 14.8 Å². The molecule has 1 aromatic rings. The highest BCUT2D eigenvalue weighted by Gasteiger charge is 2.13. The van der Waals surface area contributed by atoms with Gasteiger partial charge in [0.15, 0.2) is 11.5 Å². The van der Waals surface area contributed by atoms with Crippen LogP contribution in [0.15, 0.2) is 30.9 Å². The number of ether oxygens (including phenoxy) is 2. The van der Waals surface area contributed by atoms with Crippen LogP contribution >= 0.6 is 0 Å². The molecule has 1 atom stereocenters. The molecule has 0 radical (unpaired) electrons. The lowest BCUT2D eigenvalue weighted by Gasteiger charge is -2.19. The van der Waals surface area contributed by atoms with Crippen molar-refractivity contribution in [1.82, 2.24) is 5.32 Å². The zero-order chi connectivity index (χ0) is 14.3.